The Labute approximate surface area is 133 Å². The molecule has 0 bridgehead atoms. The number of nitrogens with one attached hydrogen (secondary N) is 1. The number of halogens is 1. The topological polar surface area (TPSA) is 56.1 Å². The van der Waals surface area contributed by atoms with Crippen LogP contribution in [-0.2, 0) is 4.74 Å². The van der Waals surface area contributed by atoms with Crippen molar-refractivity contribution in [2.24, 2.45) is 0 Å². The van der Waals surface area contributed by atoms with Gasteiger partial charge in [0, 0.05) is 17.6 Å². The highest BCUT2D eigenvalue weighted by molar-refractivity contribution is 7.10. The molecule has 0 aromatic carbocycles. The molecule has 0 spiro atoms. The lowest BCUT2D eigenvalue weighted by atomic mass is 10.3. The molecule has 1 fully saturated rings. The SMILES string of the molecule is Cl.O=C(OC1CCNC1)n1ccc(/C=C/c2cccs2)n1. The quantitative estimate of drug-likeness (QED) is 0.942. The van der Waals surface area contributed by atoms with Crippen LogP contribution in [-0.4, -0.2) is 35.1 Å². The molecule has 1 N–H and O–H groups in total. The summed E-state index contributed by atoms with van der Waals surface area (Å²) in [5.41, 5.74) is 0.736. The Bertz CT molecular complexity index is 604. The van der Waals surface area contributed by atoms with Crippen molar-refractivity contribution in [3.05, 3.63) is 40.3 Å². The zero-order valence-electron chi connectivity index (χ0n) is 11.3. The van der Waals surface area contributed by atoms with Gasteiger partial charge in [-0.1, -0.05) is 6.07 Å². The highest BCUT2D eigenvalue weighted by Gasteiger charge is 2.19. The normalized spacial score (nSPS) is 17.8. The first-order chi connectivity index (χ1) is 9.81. The van der Waals surface area contributed by atoms with Crippen LogP contribution in [0.4, 0.5) is 4.79 Å². The number of thiophene rings is 1. The maximum atomic E-state index is 11.9. The highest BCUT2D eigenvalue weighted by Crippen LogP contribution is 2.12. The first-order valence-electron chi connectivity index (χ1n) is 6.50. The third-order valence-corrected chi connectivity index (χ3v) is 3.88. The summed E-state index contributed by atoms with van der Waals surface area (Å²) < 4.78 is 6.58. The number of hydrogen-bond acceptors (Lipinski definition) is 5. The number of ether oxygens (including phenoxy) is 1. The van der Waals surface area contributed by atoms with Gasteiger partial charge in [-0.05, 0) is 42.6 Å². The minimum atomic E-state index is -0.422. The van der Waals surface area contributed by atoms with Crippen molar-refractivity contribution in [3.8, 4) is 0 Å². The number of rotatable bonds is 3. The molecular weight excluding hydrogens is 310 g/mol. The van der Waals surface area contributed by atoms with Crippen molar-refractivity contribution in [3.63, 3.8) is 0 Å². The van der Waals surface area contributed by atoms with E-state index in [1.807, 2.05) is 29.7 Å². The first kappa shape index (κ1) is 15.8. The van der Waals surface area contributed by atoms with Crippen molar-refractivity contribution < 1.29 is 9.53 Å². The molecular formula is C14H16ClN3O2S. The van der Waals surface area contributed by atoms with Gasteiger partial charge in [-0.3, -0.25) is 0 Å². The van der Waals surface area contributed by atoms with Gasteiger partial charge >= 0.3 is 6.09 Å². The van der Waals surface area contributed by atoms with Gasteiger partial charge in [-0.25, -0.2) is 4.79 Å². The van der Waals surface area contributed by atoms with Crippen LogP contribution < -0.4 is 5.32 Å². The maximum absolute atomic E-state index is 11.9. The van der Waals surface area contributed by atoms with Gasteiger partial charge in [0.15, 0.2) is 0 Å². The minimum absolute atomic E-state index is 0. The monoisotopic (exact) mass is 325 g/mol. The predicted octanol–water partition coefficient (Wildman–Crippen LogP) is 2.88. The molecule has 112 valence electrons. The Morgan fingerprint density at radius 3 is 3.10 bits per heavy atom. The Morgan fingerprint density at radius 2 is 2.38 bits per heavy atom. The lowest BCUT2D eigenvalue weighted by Gasteiger charge is -2.09. The predicted molar refractivity (Wildman–Crippen MR) is 85.9 cm³/mol. The van der Waals surface area contributed by atoms with Gasteiger partial charge in [0.05, 0.1) is 5.69 Å². The summed E-state index contributed by atoms with van der Waals surface area (Å²) in [6.07, 6.45) is 5.87. The van der Waals surface area contributed by atoms with E-state index in [2.05, 4.69) is 10.4 Å². The van der Waals surface area contributed by atoms with Gasteiger partial charge in [0.25, 0.3) is 0 Å². The molecule has 1 saturated heterocycles. The van der Waals surface area contributed by atoms with E-state index in [-0.39, 0.29) is 18.5 Å². The van der Waals surface area contributed by atoms with Gasteiger partial charge in [0.2, 0.25) is 0 Å². The second kappa shape index (κ2) is 7.40. The fraction of sp³-hybridized carbons (Fsp3) is 0.286. The van der Waals surface area contributed by atoms with Crippen LogP contribution in [0.1, 0.15) is 17.0 Å². The molecule has 5 nitrogen and oxygen atoms in total. The van der Waals surface area contributed by atoms with E-state index in [0.717, 1.165) is 30.1 Å². The third kappa shape index (κ3) is 4.17. The molecule has 3 heterocycles. The van der Waals surface area contributed by atoms with Crippen molar-refractivity contribution >= 4 is 42.0 Å². The number of aromatic nitrogens is 2. The van der Waals surface area contributed by atoms with Gasteiger partial charge in [-0.15, -0.1) is 23.7 Å². The van der Waals surface area contributed by atoms with E-state index < -0.39 is 6.09 Å². The molecule has 1 aliphatic heterocycles. The van der Waals surface area contributed by atoms with Crippen molar-refractivity contribution in [1.29, 1.82) is 0 Å². The van der Waals surface area contributed by atoms with Gasteiger partial charge in [-0.2, -0.15) is 9.78 Å². The number of carbonyl (C=O) groups is 1. The summed E-state index contributed by atoms with van der Waals surface area (Å²) in [7, 11) is 0. The summed E-state index contributed by atoms with van der Waals surface area (Å²) >= 11 is 1.66. The largest absolute Gasteiger partial charge is 0.443 e. The van der Waals surface area contributed by atoms with E-state index in [0.29, 0.717) is 0 Å². The molecule has 0 saturated carbocycles. The van der Waals surface area contributed by atoms with Crippen LogP contribution >= 0.6 is 23.7 Å². The second-order valence-electron chi connectivity index (χ2n) is 4.53. The second-order valence-corrected chi connectivity index (χ2v) is 5.51. The lowest BCUT2D eigenvalue weighted by molar-refractivity contribution is 0.106. The van der Waals surface area contributed by atoms with Crippen LogP contribution in [0, 0.1) is 0 Å². The molecule has 1 atom stereocenters. The Hall–Kier alpha value is -1.63. The standard InChI is InChI=1S/C14H15N3O2S.ClH/c18-14(19-12-5-7-15-10-12)17-8-6-11(16-17)3-4-13-2-1-9-20-13;/h1-4,6,8-9,12,15H,5,7,10H2;1H/b4-3+;. The third-order valence-electron chi connectivity index (χ3n) is 3.04. The van der Waals surface area contributed by atoms with Gasteiger partial charge in [0.1, 0.15) is 6.10 Å². The Morgan fingerprint density at radius 1 is 1.48 bits per heavy atom. The molecule has 7 heteroatoms. The average Bonchev–Trinajstić information content (AvgIpc) is 3.19. The fourth-order valence-electron chi connectivity index (χ4n) is 2.01. The molecule has 3 rings (SSSR count). The summed E-state index contributed by atoms with van der Waals surface area (Å²) in [5, 5.41) is 9.36. The number of hydrogen-bond donors (Lipinski definition) is 1. The molecule has 1 unspecified atom stereocenters. The van der Waals surface area contributed by atoms with Crippen molar-refractivity contribution in [1.82, 2.24) is 15.1 Å². The molecule has 0 amide bonds. The van der Waals surface area contributed by atoms with E-state index in [4.69, 9.17) is 4.74 Å². The molecule has 0 aliphatic carbocycles. The lowest BCUT2D eigenvalue weighted by Crippen LogP contribution is -2.24. The van der Waals surface area contributed by atoms with Crippen molar-refractivity contribution in [2.45, 2.75) is 12.5 Å². The summed E-state index contributed by atoms with van der Waals surface area (Å²) in [5.74, 6) is 0. The van der Waals surface area contributed by atoms with Crippen LogP contribution in [0.2, 0.25) is 0 Å². The van der Waals surface area contributed by atoms with E-state index >= 15 is 0 Å². The summed E-state index contributed by atoms with van der Waals surface area (Å²) in [6, 6.07) is 5.81. The van der Waals surface area contributed by atoms with E-state index in [1.54, 1.807) is 23.6 Å². The van der Waals surface area contributed by atoms with Crippen molar-refractivity contribution in [2.75, 3.05) is 13.1 Å². The summed E-state index contributed by atoms with van der Waals surface area (Å²) in [6.45, 7) is 1.62. The van der Waals surface area contributed by atoms with Crippen LogP contribution in [0.3, 0.4) is 0 Å². The average molecular weight is 326 g/mol. The Balaban J connectivity index is 0.00000161. The molecule has 0 radical (unpaired) electrons. The summed E-state index contributed by atoms with van der Waals surface area (Å²) in [4.78, 5) is 13.0. The van der Waals surface area contributed by atoms with Gasteiger partial charge < -0.3 is 10.1 Å². The Kier molecular flexibility index (Phi) is 5.55. The smallest absolute Gasteiger partial charge is 0.435 e. The van der Waals surface area contributed by atoms with Crippen LogP contribution in [0.5, 0.6) is 0 Å². The van der Waals surface area contributed by atoms with Crippen LogP contribution in [0.15, 0.2) is 29.8 Å². The zero-order valence-corrected chi connectivity index (χ0v) is 12.9. The fourth-order valence-corrected chi connectivity index (χ4v) is 2.63. The number of nitrogens with zero attached hydrogens (tertiary/aromatic N) is 2. The maximum Gasteiger partial charge on any atom is 0.435 e. The molecule has 21 heavy (non-hydrogen) atoms. The van der Waals surface area contributed by atoms with Crippen LogP contribution in [0.25, 0.3) is 12.2 Å². The molecule has 1 aliphatic rings. The minimum Gasteiger partial charge on any atom is -0.443 e. The van der Waals surface area contributed by atoms with E-state index in [9.17, 15) is 4.79 Å². The highest BCUT2D eigenvalue weighted by atomic mass is 35.5. The molecule has 2 aromatic rings. The van der Waals surface area contributed by atoms with E-state index in [1.165, 1.54) is 4.68 Å². The molecule has 2 aromatic heterocycles. The first-order valence-corrected chi connectivity index (χ1v) is 7.38. The number of carbonyl (C=O) groups excluding carboxylic acids is 1. The zero-order chi connectivity index (χ0) is 13.8.